The van der Waals surface area contributed by atoms with Gasteiger partial charge in [-0.15, -0.1) is 12.4 Å². The summed E-state index contributed by atoms with van der Waals surface area (Å²) in [6.45, 7) is 0.442. The van der Waals surface area contributed by atoms with Crippen LogP contribution in [0.3, 0.4) is 0 Å². The monoisotopic (exact) mass is 229 g/mol. The lowest BCUT2D eigenvalue weighted by atomic mass is 10.0. The van der Waals surface area contributed by atoms with Gasteiger partial charge in [-0.2, -0.15) is 0 Å². The van der Waals surface area contributed by atoms with E-state index in [9.17, 15) is 4.79 Å². The van der Waals surface area contributed by atoms with Crippen molar-refractivity contribution in [3.05, 3.63) is 29.8 Å². The minimum atomic E-state index is -0.380. The first-order valence-corrected chi connectivity index (χ1v) is 4.48. The summed E-state index contributed by atoms with van der Waals surface area (Å²) in [6, 6.07) is 6.81. The van der Waals surface area contributed by atoms with Crippen LogP contribution >= 0.6 is 12.4 Å². The number of aromatic hydroxyl groups is 1. The zero-order valence-corrected chi connectivity index (χ0v) is 8.79. The van der Waals surface area contributed by atoms with Gasteiger partial charge in [-0.25, -0.2) is 4.79 Å². The quantitative estimate of drug-likeness (QED) is 0.774. The number of hydrogen-bond donors (Lipinski definition) is 2. The van der Waals surface area contributed by atoms with Crippen molar-refractivity contribution < 1.29 is 14.6 Å². The van der Waals surface area contributed by atoms with Gasteiger partial charge in [0.25, 0.3) is 0 Å². The predicted molar refractivity (Wildman–Crippen MR) is 57.2 cm³/mol. The first kappa shape index (κ1) is 11.7. The van der Waals surface area contributed by atoms with E-state index in [0.29, 0.717) is 6.61 Å². The van der Waals surface area contributed by atoms with Crippen LogP contribution in [0.4, 0.5) is 4.79 Å². The van der Waals surface area contributed by atoms with Crippen LogP contribution in [-0.2, 0) is 4.74 Å². The molecule has 0 unspecified atom stereocenters. The van der Waals surface area contributed by atoms with E-state index < -0.39 is 0 Å². The Morgan fingerprint density at radius 1 is 1.33 bits per heavy atom. The van der Waals surface area contributed by atoms with Crippen molar-refractivity contribution in [3.8, 4) is 5.75 Å². The SMILES string of the molecule is Cl.O=C1N[C@H](c2ccc(O)cc2)CCO1. The molecule has 5 heteroatoms. The normalized spacial score (nSPS) is 19.7. The molecule has 2 rings (SSSR count). The van der Waals surface area contributed by atoms with E-state index in [1.54, 1.807) is 24.3 Å². The zero-order chi connectivity index (χ0) is 9.97. The molecule has 2 N–H and O–H groups in total. The maximum atomic E-state index is 10.9. The maximum Gasteiger partial charge on any atom is 0.407 e. The summed E-state index contributed by atoms with van der Waals surface area (Å²) < 4.78 is 4.75. The lowest BCUT2D eigenvalue weighted by Gasteiger charge is -2.23. The predicted octanol–water partition coefficient (Wildman–Crippen LogP) is 1.98. The maximum absolute atomic E-state index is 10.9. The summed E-state index contributed by atoms with van der Waals surface area (Å²) in [5, 5.41) is 11.8. The molecule has 0 spiro atoms. The molecule has 1 heterocycles. The summed E-state index contributed by atoms with van der Waals surface area (Å²) in [5.74, 6) is 0.229. The van der Waals surface area contributed by atoms with Crippen molar-refractivity contribution in [3.63, 3.8) is 0 Å². The number of amides is 1. The van der Waals surface area contributed by atoms with Crippen molar-refractivity contribution in [2.24, 2.45) is 0 Å². The number of phenolic OH excluding ortho intramolecular Hbond substituents is 1. The van der Waals surface area contributed by atoms with Gasteiger partial charge in [0.1, 0.15) is 5.75 Å². The van der Waals surface area contributed by atoms with Crippen LogP contribution in [0, 0.1) is 0 Å². The standard InChI is InChI=1S/C10H11NO3.ClH/c12-8-3-1-7(2-4-8)9-5-6-14-10(13)11-9;/h1-4,9,12H,5-6H2,(H,11,13);1H/t9-;/m0./s1. The summed E-state index contributed by atoms with van der Waals surface area (Å²) in [7, 11) is 0. The molecule has 0 saturated carbocycles. The molecule has 0 aromatic heterocycles. The third-order valence-electron chi connectivity index (χ3n) is 2.23. The van der Waals surface area contributed by atoms with Crippen LogP contribution in [-0.4, -0.2) is 17.8 Å². The van der Waals surface area contributed by atoms with E-state index in [0.717, 1.165) is 12.0 Å². The number of rotatable bonds is 1. The second kappa shape index (κ2) is 4.89. The van der Waals surface area contributed by atoms with Crippen molar-refractivity contribution >= 4 is 18.5 Å². The second-order valence-corrected chi connectivity index (χ2v) is 3.21. The number of ether oxygens (including phenoxy) is 1. The molecule has 1 amide bonds. The van der Waals surface area contributed by atoms with Crippen molar-refractivity contribution in [1.29, 1.82) is 0 Å². The lowest BCUT2D eigenvalue weighted by molar-refractivity contribution is 0.115. The third kappa shape index (κ3) is 2.76. The van der Waals surface area contributed by atoms with Crippen LogP contribution in [0.2, 0.25) is 0 Å². The molecule has 82 valence electrons. The molecule has 1 saturated heterocycles. The fourth-order valence-electron chi connectivity index (χ4n) is 1.48. The molecule has 0 radical (unpaired) electrons. The Bertz CT molecular complexity index is 339. The van der Waals surface area contributed by atoms with Crippen LogP contribution < -0.4 is 5.32 Å². The average Bonchev–Trinajstić information content (AvgIpc) is 2.19. The Balaban J connectivity index is 0.00000112. The molecule has 0 bridgehead atoms. The van der Waals surface area contributed by atoms with Gasteiger partial charge in [0.2, 0.25) is 0 Å². The Morgan fingerprint density at radius 3 is 2.60 bits per heavy atom. The Labute approximate surface area is 93.7 Å². The van der Waals surface area contributed by atoms with Crippen LogP contribution in [0.25, 0.3) is 0 Å². The molecular weight excluding hydrogens is 218 g/mol. The number of halogens is 1. The number of cyclic esters (lactones) is 1. The summed E-state index contributed by atoms with van der Waals surface area (Å²) in [6.07, 6.45) is 0.380. The molecule has 1 atom stereocenters. The minimum Gasteiger partial charge on any atom is -0.508 e. The van der Waals surface area contributed by atoms with E-state index in [2.05, 4.69) is 5.32 Å². The smallest absolute Gasteiger partial charge is 0.407 e. The molecular formula is C10H12ClNO3. The first-order chi connectivity index (χ1) is 6.75. The summed E-state index contributed by atoms with van der Waals surface area (Å²) in [4.78, 5) is 10.9. The number of hydrogen-bond acceptors (Lipinski definition) is 3. The highest BCUT2D eigenvalue weighted by atomic mass is 35.5. The molecule has 0 aliphatic carbocycles. The van der Waals surface area contributed by atoms with Crippen LogP contribution in [0.15, 0.2) is 24.3 Å². The van der Waals surface area contributed by atoms with Gasteiger partial charge in [-0.05, 0) is 17.7 Å². The highest BCUT2D eigenvalue weighted by Crippen LogP contribution is 2.21. The fraction of sp³-hybridized carbons (Fsp3) is 0.300. The molecule has 1 aromatic rings. The molecule has 15 heavy (non-hydrogen) atoms. The third-order valence-corrected chi connectivity index (χ3v) is 2.23. The van der Waals surface area contributed by atoms with E-state index >= 15 is 0 Å². The fourth-order valence-corrected chi connectivity index (χ4v) is 1.48. The first-order valence-electron chi connectivity index (χ1n) is 4.48. The van der Waals surface area contributed by atoms with Gasteiger partial charge in [0, 0.05) is 6.42 Å². The van der Waals surface area contributed by atoms with Gasteiger partial charge >= 0.3 is 6.09 Å². The van der Waals surface area contributed by atoms with Gasteiger partial charge in [0.15, 0.2) is 0 Å². The van der Waals surface area contributed by atoms with Crippen molar-refractivity contribution in [2.75, 3.05) is 6.61 Å². The van der Waals surface area contributed by atoms with Gasteiger partial charge in [0.05, 0.1) is 12.6 Å². The van der Waals surface area contributed by atoms with E-state index in [1.807, 2.05) is 0 Å². The largest absolute Gasteiger partial charge is 0.508 e. The highest BCUT2D eigenvalue weighted by molar-refractivity contribution is 5.85. The van der Waals surface area contributed by atoms with Crippen molar-refractivity contribution in [1.82, 2.24) is 5.32 Å². The molecule has 1 fully saturated rings. The Hall–Kier alpha value is -1.42. The van der Waals surface area contributed by atoms with E-state index in [-0.39, 0.29) is 30.3 Å². The Kier molecular flexibility index (Phi) is 3.80. The molecule has 1 aromatic carbocycles. The second-order valence-electron chi connectivity index (χ2n) is 3.21. The van der Waals surface area contributed by atoms with E-state index in [1.165, 1.54) is 0 Å². The van der Waals surface area contributed by atoms with E-state index in [4.69, 9.17) is 9.84 Å². The number of phenols is 1. The number of carbonyl (C=O) groups excluding carboxylic acids is 1. The average molecular weight is 230 g/mol. The molecule has 1 aliphatic heterocycles. The summed E-state index contributed by atoms with van der Waals surface area (Å²) in [5.41, 5.74) is 0.986. The van der Waals surface area contributed by atoms with Gasteiger partial charge in [-0.3, -0.25) is 0 Å². The van der Waals surface area contributed by atoms with Crippen molar-refractivity contribution in [2.45, 2.75) is 12.5 Å². The van der Waals surface area contributed by atoms with Gasteiger partial charge in [-0.1, -0.05) is 12.1 Å². The molecule has 1 aliphatic rings. The lowest BCUT2D eigenvalue weighted by Crippen LogP contribution is -2.35. The topological polar surface area (TPSA) is 58.6 Å². The zero-order valence-electron chi connectivity index (χ0n) is 7.97. The number of alkyl carbamates (subject to hydrolysis) is 1. The highest BCUT2D eigenvalue weighted by Gasteiger charge is 2.20. The van der Waals surface area contributed by atoms with Crippen LogP contribution in [0.5, 0.6) is 5.75 Å². The number of nitrogens with one attached hydrogen (secondary N) is 1. The summed E-state index contributed by atoms with van der Waals surface area (Å²) >= 11 is 0. The number of benzene rings is 1. The minimum absolute atomic E-state index is 0. The molecule has 4 nitrogen and oxygen atoms in total. The Morgan fingerprint density at radius 2 is 2.00 bits per heavy atom. The number of carbonyl (C=O) groups is 1. The van der Waals surface area contributed by atoms with Crippen LogP contribution in [0.1, 0.15) is 18.0 Å². The van der Waals surface area contributed by atoms with Gasteiger partial charge < -0.3 is 15.2 Å².